The van der Waals surface area contributed by atoms with E-state index in [-0.39, 0.29) is 17.5 Å². The maximum absolute atomic E-state index is 12.0. The number of hydrogen-bond donors (Lipinski definition) is 0. The van der Waals surface area contributed by atoms with Gasteiger partial charge < -0.3 is 0 Å². The van der Waals surface area contributed by atoms with E-state index in [0.29, 0.717) is 18.4 Å². The molecule has 3 heteroatoms. The van der Waals surface area contributed by atoms with Gasteiger partial charge in [-0.2, -0.15) is 0 Å². The Labute approximate surface area is 110 Å². The summed E-state index contributed by atoms with van der Waals surface area (Å²) in [6.07, 6.45) is 3.96. The molecule has 1 atom stereocenters. The highest BCUT2D eigenvalue weighted by Crippen LogP contribution is 2.25. The molecule has 1 aromatic rings. The monoisotopic (exact) mass is 294 g/mol. The Morgan fingerprint density at radius 3 is 2.59 bits per heavy atom. The van der Waals surface area contributed by atoms with Gasteiger partial charge in [0.15, 0.2) is 5.78 Å². The smallest absolute Gasteiger partial charge is 0.163 e. The van der Waals surface area contributed by atoms with Crippen molar-refractivity contribution in [1.29, 1.82) is 0 Å². The van der Waals surface area contributed by atoms with Gasteiger partial charge in [0.1, 0.15) is 5.78 Å². The highest BCUT2D eigenvalue weighted by Gasteiger charge is 2.24. The fraction of sp³-hybridized carbons (Fsp3) is 0.429. The van der Waals surface area contributed by atoms with Crippen LogP contribution in [0.2, 0.25) is 0 Å². The summed E-state index contributed by atoms with van der Waals surface area (Å²) in [5.74, 6) is 0.305. The second-order valence-electron chi connectivity index (χ2n) is 4.54. The molecule has 0 aromatic heterocycles. The van der Waals surface area contributed by atoms with Crippen molar-refractivity contribution >= 4 is 27.5 Å². The quantitative estimate of drug-likeness (QED) is 0.795. The molecular formula is C14H15BrO2. The Bertz CT molecular complexity index is 422. The van der Waals surface area contributed by atoms with Gasteiger partial charge in [-0.1, -0.05) is 34.5 Å². The second kappa shape index (κ2) is 5.58. The minimum absolute atomic E-state index is 0.0418. The van der Waals surface area contributed by atoms with Crippen LogP contribution >= 0.6 is 15.9 Å². The summed E-state index contributed by atoms with van der Waals surface area (Å²) < 4.78 is 0.961. The van der Waals surface area contributed by atoms with Gasteiger partial charge in [0.05, 0.1) is 0 Å². The van der Waals surface area contributed by atoms with Crippen LogP contribution < -0.4 is 0 Å². The average molecular weight is 295 g/mol. The van der Waals surface area contributed by atoms with E-state index < -0.39 is 0 Å². The van der Waals surface area contributed by atoms with E-state index in [4.69, 9.17) is 0 Å². The summed E-state index contributed by atoms with van der Waals surface area (Å²) in [4.78, 5) is 23.7. The Morgan fingerprint density at radius 2 is 1.94 bits per heavy atom. The van der Waals surface area contributed by atoms with Crippen molar-refractivity contribution in [2.45, 2.75) is 32.1 Å². The van der Waals surface area contributed by atoms with E-state index in [1.165, 1.54) is 0 Å². The molecule has 2 rings (SSSR count). The predicted molar refractivity (Wildman–Crippen MR) is 70.1 cm³/mol. The van der Waals surface area contributed by atoms with E-state index in [9.17, 15) is 9.59 Å². The molecule has 0 spiro atoms. The summed E-state index contributed by atoms with van der Waals surface area (Å²) in [5, 5.41) is 0. The van der Waals surface area contributed by atoms with Crippen LogP contribution in [0.1, 0.15) is 42.5 Å². The van der Waals surface area contributed by atoms with Gasteiger partial charge >= 0.3 is 0 Å². The van der Waals surface area contributed by atoms with Crippen LogP contribution in [0.5, 0.6) is 0 Å². The first-order valence-corrected chi connectivity index (χ1v) is 6.77. The van der Waals surface area contributed by atoms with Gasteiger partial charge in [0.2, 0.25) is 0 Å². The Morgan fingerprint density at radius 1 is 1.24 bits per heavy atom. The maximum Gasteiger partial charge on any atom is 0.163 e. The van der Waals surface area contributed by atoms with E-state index in [2.05, 4.69) is 15.9 Å². The topological polar surface area (TPSA) is 34.1 Å². The van der Waals surface area contributed by atoms with Gasteiger partial charge in [-0.15, -0.1) is 0 Å². The third-order valence-corrected chi connectivity index (χ3v) is 3.81. The van der Waals surface area contributed by atoms with Gasteiger partial charge in [-0.3, -0.25) is 9.59 Å². The molecule has 0 amide bonds. The summed E-state index contributed by atoms with van der Waals surface area (Å²) in [5.41, 5.74) is 0.701. The van der Waals surface area contributed by atoms with E-state index >= 15 is 0 Å². The fourth-order valence-electron chi connectivity index (χ4n) is 2.25. The Kier molecular flexibility index (Phi) is 4.11. The molecule has 0 bridgehead atoms. The Balaban J connectivity index is 2.01. The molecule has 1 unspecified atom stereocenters. The van der Waals surface area contributed by atoms with Crippen LogP contribution in [0.4, 0.5) is 0 Å². The molecule has 1 aliphatic rings. The molecule has 2 nitrogen and oxygen atoms in total. The fourth-order valence-corrected chi connectivity index (χ4v) is 2.51. The van der Waals surface area contributed by atoms with Crippen molar-refractivity contribution < 1.29 is 9.59 Å². The molecule has 0 N–H and O–H groups in total. The molecule has 0 aliphatic heterocycles. The zero-order valence-corrected chi connectivity index (χ0v) is 11.2. The lowest BCUT2D eigenvalue weighted by molar-refractivity contribution is -0.124. The van der Waals surface area contributed by atoms with Crippen molar-refractivity contribution in [3.8, 4) is 0 Å². The van der Waals surface area contributed by atoms with E-state index in [0.717, 1.165) is 23.7 Å². The molecule has 1 saturated carbocycles. The highest BCUT2D eigenvalue weighted by molar-refractivity contribution is 9.10. The first kappa shape index (κ1) is 12.5. The van der Waals surface area contributed by atoms with E-state index in [1.807, 2.05) is 12.1 Å². The van der Waals surface area contributed by atoms with Gasteiger partial charge in [-0.25, -0.2) is 0 Å². The number of hydrogen-bond acceptors (Lipinski definition) is 2. The van der Waals surface area contributed by atoms with Crippen molar-refractivity contribution in [2.24, 2.45) is 5.92 Å². The molecule has 1 aliphatic carbocycles. The number of ketones is 2. The minimum Gasteiger partial charge on any atom is -0.299 e. The third kappa shape index (κ3) is 3.25. The normalized spacial score (nSPS) is 20.3. The summed E-state index contributed by atoms with van der Waals surface area (Å²) in [6.45, 7) is 0. The number of rotatable bonds is 3. The second-order valence-corrected chi connectivity index (χ2v) is 5.46. The third-order valence-electron chi connectivity index (χ3n) is 3.28. The zero-order chi connectivity index (χ0) is 12.3. The first-order chi connectivity index (χ1) is 8.16. The molecule has 0 heterocycles. The van der Waals surface area contributed by atoms with Gasteiger partial charge in [0, 0.05) is 28.8 Å². The van der Waals surface area contributed by atoms with Crippen LogP contribution in [0.25, 0.3) is 0 Å². The molecule has 0 radical (unpaired) electrons. The Hall–Kier alpha value is -0.960. The number of benzene rings is 1. The molecule has 1 aromatic carbocycles. The van der Waals surface area contributed by atoms with Crippen LogP contribution in [-0.2, 0) is 4.79 Å². The maximum atomic E-state index is 12.0. The van der Waals surface area contributed by atoms with Crippen LogP contribution in [0, 0.1) is 5.92 Å². The van der Waals surface area contributed by atoms with Crippen molar-refractivity contribution in [3.63, 3.8) is 0 Å². The predicted octanol–water partition coefficient (Wildman–Crippen LogP) is 3.78. The average Bonchev–Trinajstić information content (AvgIpc) is 2.33. The van der Waals surface area contributed by atoms with E-state index in [1.54, 1.807) is 12.1 Å². The number of carbonyl (C=O) groups is 2. The van der Waals surface area contributed by atoms with Crippen LogP contribution in [0.3, 0.4) is 0 Å². The minimum atomic E-state index is -0.0418. The summed E-state index contributed by atoms with van der Waals surface area (Å²) in [6, 6.07) is 7.32. The number of carbonyl (C=O) groups excluding carboxylic acids is 2. The molecule has 17 heavy (non-hydrogen) atoms. The van der Waals surface area contributed by atoms with Crippen LogP contribution in [0.15, 0.2) is 28.7 Å². The van der Waals surface area contributed by atoms with Crippen molar-refractivity contribution in [1.82, 2.24) is 0 Å². The largest absolute Gasteiger partial charge is 0.299 e. The lowest BCUT2D eigenvalue weighted by Gasteiger charge is -2.19. The molecule has 90 valence electrons. The zero-order valence-electron chi connectivity index (χ0n) is 9.62. The molecule has 1 fully saturated rings. The van der Waals surface area contributed by atoms with Crippen molar-refractivity contribution in [3.05, 3.63) is 34.3 Å². The number of Topliss-reactive ketones (excluding diaryl/α,β-unsaturated/α-hetero) is 2. The van der Waals surface area contributed by atoms with Crippen LogP contribution in [-0.4, -0.2) is 11.6 Å². The molecule has 0 saturated heterocycles. The van der Waals surface area contributed by atoms with Gasteiger partial charge in [0.25, 0.3) is 0 Å². The van der Waals surface area contributed by atoms with Gasteiger partial charge in [-0.05, 0) is 25.0 Å². The summed E-state index contributed by atoms with van der Waals surface area (Å²) in [7, 11) is 0. The standard InChI is InChI=1S/C14H15BrO2/c15-12-7-5-10(6-8-12)14(17)9-11-3-1-2-4-13(11)16/h5-8,11H,1-4,9H2. The highest BCUT2D eigenvalue weighted by atomic mass is 79.9. The first-order valence-electron chi connectivity index (χ1n) is 5.98. The number of halogens is 1. The lowest BCUT2D eigenvalue weighted by Crippen LogP contribution is -2.22. The van der Waals surface area contributed by atoms with Crippen molar-refractivity contribution in [2.75, 3.05) is 0 Å². The lowest BCUT2D eigenvalue weighted by atomic mass is 9.83. The SMILES string of the molecule is O=C(CC1CCCCC1=O)c1ccc(Br)cc1. The molecular weight excluding hydrogens is 280 g/mol. The summed E-state index contributed by atoms with van der Waals surface area (Å²) >= 11 is 3.34.